The zero-order chi connectivity index (χ0) is 22.6. The maximum atomic E-state index is 13.0. The van der Waals surface area contributed by atoms with Crippen LogP contribution in [0.1, 0.15) is 44.5 Å². The van der Waals surface area contributed by atoms with E-state index in [9.17, 15) is 18.0 Å². The molecule has 1 aliphatic heterocycles. The highest BCUT2D eigenvalue weighted by Gasteiger charge is 2.31. The molecular formula is C22H29N3O4S2. The van der Waals surface area contributed by atoms with Gasteiger partial charge < -0.3 is 10.6 Å². The quantitative estimate of drug-likeness (QED) is 0.656. The third-order valence-electron chi connectivity index (χ3n) is 5.26. The lowest BCUT2D eigenvalue weighted by Gasteiger charge is -2.34. The predicted molar refractivity (Wildman–Crippen MR) is 122 cm³/mol. The van der Waals surface area contributed by atoms with Crippen LogP contribution < -0.4 is 10.6 Å². The Labute approximate surface area is 187 Å². The van der Waals surface area contributed by atoms with E-state index in [2.05, 4.69) is 24.5 Å². The van der Waals surface area contributed by atoms with Crippen molar-refractivity contribution in [2.45, 2.75) is 44.6 Å². The third-order valence-corrected chi connectivity index (χ3v) is 8.10. The molecule has 0 radical (unpaired) electrons. The Morgan fingerprint density at radius 2 is 1.77 bits per heavy atom. The number of carbonyl (C=O) groups excluding carboxylic acids is 2. The van der Waals surface area contributed by atoms with Gasteiger partial charge in [0.25, 0.3) is 0 Å². The molecule has 2 N–H and O–H groups in total. The molecule has 3 atom stereocenters. The van der Waals surface area contributed by atoms with Crippen LogP contribution in [-0.4, -0.2) is 37.6 Å². The molecule has 3 unspecified atom stereocenters. The van der Waals surface area contributed by atoms with Crippen molar-refractivity contribution in [1.82, 2.24) is 9.62 Å². The molecule has 0 bridgehead atoms. The SMILES string of the molecule is CC(=O)NC(CC(=O)Nc1ccc(S(=O)(=O)N2CC(C)CC(C)C2)cc1)c1cccs1. The normalized spacial score (nSPS) is 20.7. The Bertz CT molecular complexity index is 994. The summed E-state index contributed by atoms with van der Waals surface area (Å²) in [5.74, 6) is 0.192. The van der Waals surface area contributed by atoms with Crippen LogP contribution in [0.3, 0.4) is 0 Å². The molecular weight excluding hydrogens is 434 g/mol. The van der Waals surface area contributed by atoms with E-state index >= 15 is 0 Å². The number of nitrogens with zero attached hydrogens (tertiary/aromatic N) is 1. The van der Waals surface area contributed by atoms with Crippen LogP contribution in [0, 0.1) is 11.8 Å². The van der Waals surface area contributed by atoms with Crippen molar-refractivity contribution < 1.29 is 18.0 Å². The first-order valence-corrected chi connectivity index (χ1v) is 12.7. The van der Waals surface area contributed by atoms with Gasteiger partial charge in [0.15, 0.2) is 0 Å². The minimum atomic E-state index is -3.56. The first-order chi connectivity index (χ1) is 14.6. The van der Waals surface area contributed by atoms with Gasteiger partial charge in [-0.05, 0) is 54.0 Å². The van der Waals surface area contributed by atoms with Gasteiger partial charge in [-0.3, -0.25) is 9.59 Å². The van der Waals surface area contributed by atoms with Crippen molar-refractivity contribution in [2.24, 2.45) is 11.8 Å². The first kappa shape index (κ1) is 23.4. The smallest absolute Gasteiger partial charge is 0.243 e. The molecule has 1 aromatic carbocycles. The van der Waals surface area contributed by atoms with E-state index in [1.165, 1.54) is 30.4 Å². The lowest BCUT2D eigenvalue weighted by atomic mass is 9.94. The number of sulfonamides is 1. The molecule has 1 aromatic heterocycles. The summed E-state index contributed by atoms with van der Waals surface area (Å²) in [5, 5.41) is 7.48. The second-order valence-corrected chi connectivity index (χ2v) is 11.2. The lowest BCUT2D eigenvalue weighted by Crippen LogP contribution is -2.42. The molecule has 2 amide bonds. The van der Waals surface area contributed by atoms with Gasteiger partial charge in [-0.15, -0.1) is 11.3 Å². The van der Waals surface area contributed by atoms with Gasteiger partial charge in [0, 0.05) is 30.6 Å². The average molecular weight is 464 g/mol. The number of hydrogen-bond acceptors (Lipinski definition) is 5. The topological polar surface area (TPSA) is 95.6 Å². The van der Waals surface area contributed by atoms with Crippen LogP contribution in [0.2, 0.25) is 0 Å². The van der Waals surface area contributed by atoms with Crippen molar-refractivity contribution in [2.75, 3.05) is 18.4 Å². The van der Waals surface area contributed by atoms with E-state index in [1.54, 1.807) is 16.4 Å². The Morgan fingerprint density at radius 3 is 2.32 bits per heavy atom. The third kappa shape index (κ3) is 6.15. The molecule has 3 rings (SSSR count). The number of rotatable bonds is 7. The molecule has 1 saturated heterocycles. The summed E-state index contributed by atoms with van der Waals surface area (Å²) in [7, 11) is -3.56. The highest BCUT2D eigenvalue weighted by molar-refractivity contribution is 7.89. The fourth-order valence-corrected chi connectivity index (χ4v) is 6.47. The Kier molecular flexibility index (Phi) is 7.51. The fourth-order valence-electron chi connectivity index (χ4n) is 4.02. The van der Waals surface area contributed by atoms with Gasteiger partial charge >= 0.3 is 0 Å². The number of amides is 2. The first-order valence-electron chi connectivity index (χ1n) is 10.4. The summed E-state index contributed by atoms with van der Waals surface area (Å²) >= 11 is 1.47. The minimum absolute atomic E-state index is 0.0870. The van der Waals surface area contributed by atoms with E-state index in [4.69, 9.17) is 0 Å². The van der Waals surface area contributed by atoms with Crippen LogP contribution in [0.15, 0.2) is 46.7 Å². The maximum absolute atomic E-state index is 13.0. The Balaban J connectivity index is 1.65. The molecule has 2 heterocycles. The van der Waals surface area contributed by atoms with Gasteiger partial charge in [0.2, 0.25) is 21.8 Å². The van der Waals surface area contributed by atoms with Crippen molar-refractivity contribution in [3.05, 3.63) is 46.7 Å². The number of anilines is 1. The highest BCUT2D eigenvalue weighted by atomic mass is 32.2. The van der Waals surface area contributed by atoms with Crippen LogP contribution >= 0.6 is 11.3 Å². The molecule has 7 nitrogen and oxygen atoms in total. The Morgan fingerprint density at radius 1 is 1.13 bits per heavy atom. The van der Waals surface area contributed by atoms with E-state index < -0.39 is 16.1 Å². The second-order valence-electron chi connectivity index (χ2n) is 8.31. The van der Waals surface area contributed by atoms with E-state index in [0.717, 1.165) is 11.3 Å². The summed E-state index contributed by atoms with van der Waals surface area (Å²) in [5.41, 5.74) is 0.511. The zero-order valence-electron chi connectivity index (χ0n) is 18.0. The van der Waals surface area contributed by atoms with Crippen LogP contribution in [-0.2, 0) is 19.6 Å². The van der Waals surface area contributed by atoms with Crippen molar-refractivity contribution in [3.63, 3.8) is 0 Å². The van der Waals surface area contributed by atoms with Crippen LogP contribution in [0.4, 0.5) is 5.69 Å². The van der Waals surface area contributed by atoms with Gasteiger partial charge in [-0.1, -0.05) is 19.9 Å². The fraction of sp³-hybridized carbons (Fsp3) is 0.455. The lowest BCUT2D eigenvalue weighted by molar-refractivity contribution is -0.120. The molecule has 1 fully saturated rings. The summed E-state index contributed by atoms with van der Waals surface area (Å²) in [6.07, 6.45) is 1.12. The standard InChI is InChI=1S/C22H29N3O4S2/c1-15-11-16(2)14-25(13-15)31(28,29)19-8-6-18(7-9-19)24-22(27)12-20(23-17(3)26)21-5-4-10-30-21/h4-10,15-16,20H,11-14H2,1-3H3,(H,23,26)(H,24,27). The summed E-state index contributed by atoms with van der Waals surface area (Å²) in [6.45, 7) is 6.61. The molecule has 0 saturated carbocycles. The molecule has 0 aliphatic carbocycles. The van der Waals surface area contributed by atoms with Crippen LogP contribution in [0.5, 0.6) is 0 Å². The minimum Gasteiger partial charge on any atom is -0.348 e. The van der Waals surface area contributed by atoms with Crippen LogP contribution in [0.25, 0.3) is 0 Å². The molecule has 0 spiro atoms. The second kappa shape index (κ2) is 9.93. The van der Waals surface area contributed by atoms with E-state index in [1.807, 2.05) is 17.5 Å². The Hall–Kier alpha value is -2.23. The summed E-state index contributed by atoms with van der Waals surface area (Å²) in [6, 6.07) is 9.59. The number of nitrogens with one attached hydrogen (secondary N) is 2. The average Bonchev–Trinajstić information content (AvgIpc) is 3.21. The molecule has 1 aliphatic rings. The summed E-state index contributed by atoms with van der Waals surface area (Å²) in [4.78, 5) is 25.1. The van der Waals surface area contributed by atoms with Gasteiger partial charge in [0.05, 0.1) is 17.4 Å². The van der Waals surface area contributed by atoms with E-state index in [-0.39, 0.29) is 23.1 Å². The molecule has 9 heteroatoms. The molecule has 2 aromatic rings. The maximum Gasteiger partial charge on any atom is 0.243 e. The molecule has 168 valence electrons. The monoisotopic (exact) mass is 463 g/mol. The zero-order valence-corrected chi connectivity index (χ0v) is 19.6. The number of piperidine rings is 1. The van der Waals surface area contributed by atoms with Gasteiger partial charge in [0.1, 0.15) is 0 Å². The predicted octanol–water partition coefficient (Wildman–Crippen LogP) is 3.62. The van der Waals surface area contributed by atoms with Gasteiger partial charge in [-0.25, -0.2) is 8.42 Å². The van der Waals surface area contributed by atoms with Crippen molar-refractivity contribution in [1.29, 1.82) is 0 Å². The number of thiophene rings is 1. The number of carbonyl (C=O) groups is 2. The van der Waals surface area contributed by atoms with Crippen molar-refractivity contribution in [3.8, 4) is 0 Å². The van der Waals surface area contributed by atoms with Crippen molar-refractivity contribution >= 4 is 38.9 Å². The number of benzene rings is 1. The number of hydrogen-bond donors (Lipinski definition) is 2. The van der Waals surface area contributed by atoms with Gasteiger partial charge in [-0.2, -0.15) is 4.31 Å². The summed E-state index contributed by atoms with van der Waals surface area (Å²) < 4.78 is 27.5. The molecule has 31 heavy (non-hydrogen) atoms. The highest BCUT2D eigenvalue weighted by Crippen LogP contribution is 2.27. The van der Waals surface area contributed by atoms with E-state index in [0.29, 0.717) is 30.6 Å². The largest absolute Gasteiger partial charge is 0.348 e.